The fourth-order valence-electron chi connectivity index (χ4n) is 9.10. The van der Waals surface area contributed by atoms with Crippen molar-refractivity contribution >= 4 is 29.4 Å². The van der Waals surface area contributed by atoms with Crippen molar-refractivity contribution in [3.8, 4) is 0 Å². The highest BCUT2D eigenvalue weighted by Gasteiger charge is 2.45. The fourth-order valence-corrected chi connectivity index (χ4v) is 9.10. The van der Waals surface area contributed by atoms with Gasteiger partial charge in [-0.25, -0.2) is 0 Å². The molecular weight excluding hydrogens is 1040 g/mol. The van der Waals surface area contributed by atoms with Gasteiger partial charge in [-0.1, -0.05) is 41.5 Å². The molecule has 79 heavy (non-hydrogen) atoms. The maximum atomic E-state index is 13.8. The number of aliphatic hydroxyl groups excluding tert-OH is 9. The second kappa shape index (κ2) is 39.4. The van der Waals surface area contributed by atoms with Crippen LogP contribution in [0.15, 0.2) is 0 Å². The van der Waals surface area contributed by atoms with Gasteiger partial charge in [0, 0.05) is 102 Å². The molecule has 6 unspecified atom stereocenters. The summed E-state index contributed by atoms with van der Waals surface area (Å²) in [6, 6.07) is 0. The predicted molar refractivity (Wildman–Crippen MR) is 285 cm³/mol. The molecule has 0 aromatic heterocycles. The predicted octanol–water partition coefficient (Wildman–Crippen LogP) is -0.806. The molecule has 3 heterocycles. The maximum Gasteiger partial charge on any atom is 0.220 e. The number of carbonyl (C=O) groups excluding carboxylic acids is 5. The van der Waals surface area contributed by atoms with Crippen LogP contribution in [0.2, 0.25) is 0 Å². The number of unbranched alkanes of at least 4 members (excludes halogenated alkanes) is 1. The number of hydrogen-bond acceptors (Lipinski definition) is 21. The Kier molecular flexibility index (Phi) is 35.9. The molecule has 0 bridgehead atoms. The minimum Gasteiger partial charge on any atom is -0.394 e. The number of methoxy groups -OCH3 is 1. The lowest BCUT2D eigenvalue weighted by Gasteiger charge is -2.40. The zero-order chi connectivity index (χ0) is 59.1. The highest BCUT2D eigenvalue weighted by atomic mass is 16.7. The number of rotatable bonds is 37. The van der Waals surface area contributed by atoms with Crippen molar-refractivity contribution < 1.29 is 103 Å². The van der Waals surface area contributed by atoms with E-state index < -0.39 is 123 Å². The van der Waals surface area contributed by atoms with Crippen molar-refractivity contribution in [2.45, 2.75) is 217 Å². The first kappa shape index (κ1) is 72.0. The second-order valence-electron chi connectivity index (χ2n) is 21.8. The van der Waals surface area contributed by atoms with Crippen molar-refractivity contribution in [1.29, 1.82) is 0 Å². The smallest absolute Gasteiger partial charge is 0.220 e. The number of ketones is 1. The number of hydrogen-bond donors (Lipinski definition) is 13. The molecule has 25 heteroatoms. The van der Waals surface area contributed by atoms with Crippen LogP contribution in [0.3, 0.4) is 0 Å². The lowest BCUT2D eigenvalue weighted by atomic mass is 9.82. The lowest BCUT2D eigenvalue weighted by molar-refractivity contribution is -0.282. The third-order valence-electron chi connectivity index (χ3n) is 14.1. The van der Waals surface area contributed by atoms with Crippen LogP contribution in [-0.4, -0.2) is 228 Å². The van der Waals surface area contributed by atoms with E-state index >= 15 is 0 Å². The average Bonchev–Trinajstić information content (AvgIpc) is 3.43. The summed E-state index contributed by atoms with van der Waals surface area (Å²) in [5.41, 5.74) is -1.24. The van der Waals surface area contributed by atoms with Gasteiger partial charge < -0.3 is 100 Å². The van der Waals surface area contributed by atoms with E-state index in [2.05, 4.69) is 42.0 Å². The van der Waals surface area contributed by atoms with Gasteiger partial charge in [0.05, 0.1) is 51.3 Å². The summed E-state index contributed by atoms with van der Waals surface area (Å²) in [6.07, 6.45) is -10.8. The molecule has 15 atom stereocenters. The number of carbonyl (C=O) groups is 5. The third kappa shape index (κ3) is 26.8. The van der Waals surface area contributed by atoms with Crippen molar-refractivity contribution in [2.75, 3.05) is 73.0 Å². The van der Waals surface area contributed by atoms with Crippen LogP contribution < -0.4 is 21.3 Å². The first-order valence-corrected chi connectivity index (χ1v) is 28.4. The molecule has 0 spiro atoms. The van der Waals surface area contributed by atoms with Crippen LogP contribution in [0.1, 0.15) is 138 Å². The molecule has 462 valence electrons. The molecule has 3 rings (SSSR count). The quantitative estimate of drug-likeness (QED) is 0.0339. The first-order valence-electron chi connectivity index (χ1n) is 28.4. The largest absolute Gasteiger partial charge is 0.394 e. The van der Waals surface area contributed by atoms with Crippen LogP contribution in [-0.2, 0) is 57.1 Å². The standard InChI is InChI=1S/C50H90N4O21.C4H10/c1-30-41(63)44(66)34(27-55)73-47(30)70-24-6-5-11-33(58)14-17-50(54-40(62)13-7-12-37(59)51-20-8-23-69-4,18-15-38(60)52-21-9-25-71-48-31(2)42(64)45(67)35(28-56)74-48)19-16-39(61)53-22-10-26-72-49-32(3)43(65)46(68)36(29-57)75-49;1-4(2)3/h30-32,34-36,41-49,55-57,63-68H,5-29H2,1-4H3,(H,51,59)(H,52,60)(H,53,61)(H,54,62);4H,1-3H3/t30-,31-,32-,34?,35?,36?,41?,42?,43?,44-,45-,46-,47+,48+,49+,50?;/m0./s1. The van der Waals surface area contributed by atoms with Crippen molar-refractivity contribution in [3.63, 3.8) is 0 Å². The third-order valence-corrected chi connectivity index (χ3v) is 14.1. The average molecular weight is 1140 g/mol. The Hall–Kier alpha value is -3.09. The van der Waals surface area contributed by atoms with Crippen molar-refractivity contribution in [3.05, 3.63) is 0 Å². The Bertz CT molecular complexity index is 1560. The summed E-state index contributed by atoms with van der Waals surface area (Å²) < 4.78 is 39.2. The fraction of sp³-hybridized carbons (Fsp3) is 0.907. The molecule has 0 radical (unpaired) electrons. The van der Waals surface area contributed by atoms with E-state index in [4.69, 9.17) is 33.2 Å². The molecule has 4 amide bonds. The van der Waals surface area contributed by atoms with Gasteiger partial charge >= 0.3 is 0 Å². The zero-order valence-corrected chi connectivity index (χ0v) is 47.8. The number of Topliss-reactive ketones (excluding diaryl/α,β-unsaturated/α-hetero) is 1. The Morgan fingerprint density at radius 2 is 0.797 bits per heavy atom. The van der Waals surface area contributed by atoms with Gasteiger partial charge in [-0.05, 0) is 63.7 Å². The Morgan fingerprint density at radius 1 is 0.456 bits per heavy atom. The molecule has 13 N–H and O–H groups in total. The molecule has 0 aromatic rings. The van der Waals surface area contributed by atoms with Crippen LogP contribution >= 0.6 is 0 Å². The summed E-state index contributed by atoms with van der Waals surface area (Å²) in [7, 11) is 1.56. The maximum absolute atomic E-state index is 13.8. The molecule has 0 aromatic carbocycles. The van der Waals surface area contributed by atoms with Gasteiger partial charge in [-0.2, -0.15) is 0 Å². The summed E-state index contributed by atoms with van der Waals surface area (Å²) in [5.74, 6) is -2.55. The molecule has 0 aliphatic carbocycles. The molecular formula is C54H100N4O21. The van der Waals surface area contributed by atoms with Crippen LogP contribution in [0, 0.1) is 23.7 Å². The minimum absolute atomic E-state index is 0.0248. The molecule has 25 nitrogen and oxygen atoms in total. The van der Waals surface area contributed by atoms with E-state index in [9.17, 15) is 69.9 Å². The Balaban J connectivity index is 0.00000514. The van der Waals surface area contributed by atoms with E-state index in [1.54, 1.807) is 27.9 Å². The van der Waals surface area contributed by atoms with Crippen LogP contribution in [0.25, 0.3) is 0 Å². The Labute approximate surface area is 466 Å². The number of amides is 4. The van der Waals surface area contributed by atoms with E-state index in [1.807, 2.05) is 0 Å². The molecule has 3 saturated heterocycles. The molecule has 3 aliphatic rings. The summed E-state index contributed by atoms with van der Waals surface area (Å²) >= 11 is 0. The topological polar surface area (TPSA) is 380 Å². The van der Waals surface area contributed by atoms with Gasteiger partial charge in [-0.3, -0.25) is 24.0 Å². The Morgan fingerprint density at radius 3 is 1.18 bits per heavy atom. The summed E-state index contributed by atoms with van der Waals surface area (Å²) in [4.78, 5) is 66.6. The minimum atomic E-state index is -1.28. The van der Waals surface area contributed by atoms with Gasteiger partial charge in [0.2, 0.25) is 23.6 Å². The van der Waals surface area contributed by atoms with Gasteiger partial charge in [-0.15, -0.1) is 0 Å². The van der Waals surface area contributed by atoms with E-state index in [-0.39, 0.29) is 121 Å². The number of nitrogens with one attached hydrogen (secondary N) is 4. The van der Waals surface area contributed by atoms with E-state index in [0.29, 0.717) is 45.3 Å². The monoisotopic (exact) mass is 1140 g/mol. The van der Waals surface area contributed by atoms with E-state index in [1.165, 1.54) is 0 Å². The van der Waals surface area contributed by atoms with Crippen LogP contribution in [0.4, 0.5) is 0 Å². The van der Waals surface area contributed by atoms with Gasteiger partial charge in [0.15, 0.2) is 18.9 Å². The number of aliphatic hydroxyl groups is 9. The molecule has 0 saturated carbocycles. The lowest BCUT2D eigenvalue weighted by Crippen LogP contribution is -2.55. The van der Waals surface area contributed by atoms with Gasteiger partial charge in [0.1, 0.15) is 42.4 Å². The van der Waals surface area contributed by atoms with E-state index in [0.717, 1.165) is 5.92 Å². The first-order chi connectivity index (χ1) is 37.5. The normalized spacial score (nSPS) is 29.7. The molecule has 3 aliphatic heterocycles. The number of ether oxygens (including phenoxy) is 7. The van der Waals surface area contributed by atoms with Gasteiger partial charge in [0.25, 0.3) is 0 Å². The SMILES string of the molecule is CC(C)C.COCCCNC(=O)CCCC(=O)NC(CCC(=O)CCCCO[C@@H]1OC(CO)[C@H](O)C(O)[C@@H]1C)(CCC(=O)NCCCO[C@@H]1OC(CO)[C@H](O)C(O)[C@@H]1C)CCC(=O)NCCCO[C@@H]1OC(CO)[C@H](O)C(O)[C@@H]1C. The second-order valence-corrected chi connectivity index (χ2v) is 21.8. The highest BCUT2D eigenvalue weighted by Crippen LogP contribution is 2.31. The summed E-state index contributed by atoms with van der Waals surface area (Å²) in [5, 5.41) is 102. The molecule has 3 fully saturated rings. The van der Waals surface area contributed by atoms with Crippen molar-refractivity contribution in [2.24, 2.45) is 23.7 Å². The van der Waals surface area contributed by atoms with Crippen molar-refractivity contribution in [1.82, 2.24) is 21.3 Å². The van der Waals surface area contributed by atoms with Crippen LogP contribution in [0.5, 0.6) is 0 Å². The summed E-state index contributed by atoms with van der Waals surface area (Å²) in [6.45, 7) is 11.5. The zero-order valence-electron chi connectivity index (χ0n) is 47.8. The highest BCUT2D eigenvalue weighted by molar-refractivity contribution is 5.81.